The number of piperidine rings is 1. The molecule has 0 amide bonds. The van der Waals surface area contributed by atoms with Crippen LogP contribution in [-0.4, -0.2) is 62.7 Å². The molecule has 2 aliphatic rings. The summed E-state index contributed by atoms with van der Waals surface area (Å²) in [6, 6.07) is 0.793. The molecular formula is C15H29N3. The Morgan fingerprint density at radius 3 is 2.56 bits per heavy atom. The van der Waals surface area contributed by atoms with Crippen LogP contribution in [0, 0.1) is 5.92 Å². The number of nitrogens with one attached hydrogen (secondary N) is 1. The van der Waals surface area contributed by atoms with Gasteiger partial charge in [-0.1, -0.05) is 6.58 Å². The zero-order valence-corrected chi connectivity index (χ0v) is 12.1. The third-order valence-electron chi connectivity index (χ3n) is 4.12. The fraction of sp³-hybridized carbons (Fsp3) is 0.867. The van der Waals surface area contributed by atoms with E-state index in [2.05, 4.69) is 35.8 Å². The summed E-state index contributed by atoms with van der Waals surface area (Å²) in [7, 11) is 4.46. The molecule has 0 bridgehead atoms. The Balaban J connectivity index is 1.58. The lowest BCUT2D eigenvalue weighted by Gasteiger charge is -2.31. The van der Waals surface area contributed by atoms with Gasteiger partial charge in [0.05, 0.1) is 0 Å². The molecule has 3 heteroatoms. The van der Waals surface area contributed by atoms with Gasteiger partial charge in [0.15, 0.2) is 0 Å². The minimum Gasteiger partial charge on any atom is -0.310 e. The average Bonchev–Trinajstić information content (AvgIpc) is 3.13. The molecule has 1 N–H and O–H groups in total. The fourth-order valence-electron chi connectivity index (χ4n) is 2.76. The summed E-state index contributed by atoms with van der Waals surface area (Å²) < 4.78 is 0. The van der Waals surface area contributed by atoms with Crippen molar-refractivity contribution in [3.63, 3.8) is 0 Å². The third-order valence-corrected chi connectivity index (χ3v) is 4.12. The summed E-state index contributed by atoms with van der Waals surface area (Å²) in [5, 5.41) is 3.54. The van der Waals surface area contributed by atoms with Crippen molar-refractivity contribution in [3.8, 4) is 0 Å². The van der Waals surface area contributed by atoms with Crippen LogP contribution in [0.25, 0.3) is 0 Å². The molecule has 2 rings (SSSR count). The van der Waals surface area contributed by atoms with Gasteiger partial charge in [0.2, 0.25) is 0 Å². The van der Waals surface area contributed by atoms with Crippen molar-refractivity contribution in [1.82, 2.24) is 15.1 Å². The Morgan fingerprint density at radius 1 is 1.28 bits per heavy atom. The first-order valence-electron chi connectivity index (χ1n) is 7.40. The molecule has 0 radical (unpaired) electrons. The Kier molecular flexibility index (Phi) is 5.22. The van der Waals surface area contributed by atoms with Crippen molar-refractivity contribution in [3.05, 3.63) is 12.2 Å². The average molecular weight is 251 g/mol. The van der Waals surface area contributed by atoms with Gasteiger partial charge >= 0.3 is 0 Å². The zero-order chi connectivity index (χ0) is 13.0. The second-order valence-corrected chi connectivity index (χ2v) is 6.35. The standard InChI is InChI=1S/C15H29N3/c1-13(10-16-15-4-5-15)11-18(3)12-14-6-8-17(2)9-7-14/h14-16H,1,4-12H2,2-3H3. The van der Waals surface area contributed by atoms with Gasteiger partial charge < -0.3 is 15.1 Å². The number of likely N-dealkylation sites (N-methyl/N-ethyl adjacent to an activating group) is 1. The second kappa shape index (κ2) is 6.69. The van der Waals surface area contributed by atoms with E-state index in [0.717, 1.165) is 25.0 Å². The summed E-state index contributed by atoms with van der Waals surface area (Å²) in [5.41, 5.74) is 1.33. The Hall–Kier alpha value is -0.380. The van der Waals surface area contributed by atoms with Gasteiger partial charge in [-0.05, 0) is 64.4 Å². The van der Waals surface area contributed by atoms with E-state index in [-0.39, 0.29) is 0 Å². The Morgan fingerprint density at radius 2 is 1.94 bits per heavy atom. The van der Waals surface area contributed by atoms with Crippen LogP contribution < -0.4 is 5.32 Å². The van der Waals surface area contributed by atoms with Gasteiger partial charge in [-0.2, -0.15) is 0 Å². The van der Waals surface area contributed by atoms with E-state index in [1.165, 1.54) is 50.9 Å². The molecule has 3 nitrogen and oxygen atoms in total. The van der Waals surface area contributed by atoms with Crippen molar-refractivity contribution >= 4 is 0 Å². The quantitative estimate of drug-likeness (QED) is 0.693. The van der Waals surface area contributed by atoms with Gasteiger partial charge in [-0.25, -0.2) is 0 Å². The lowest BCUT2D eigenvalue weighted by molar-refractivity contribution is 0.181. The maximum Gasteiger partial charge on any atom is 0.0199 e. The molecule has 1 aliphatic heterocycles. The van der Waals surface area contributed by atoms with Crippen LogP contribution in [0.4, 0.5) is 0 Å². The maximum absolute atomic E-state index is 4.19. The van der Waals surface area contributed by atoms with Crippen molar-refractivity contribution in [1.29, 1.82) is 0 Å². The summed E-state index contributed by atoms with van der Waals surface area (Å²) in [5.74, 6) is 0.885. The Labute approximate surface area is 112 Å². The molecule has 0 aromatic carbocycles. The van der Waals surface area contributed by atoms with Crippen LogP contribution in [0.15, 0.2) is 12.2 Å². The number of likely N-dealkylation sites (tertiary alicyclic amines) is 1. The van der Waals surface area contributed by atoms with E-state index in [1.807, 2.05) is 0 Å². The molecule has 0 aromatic heterocycles. The van der Waals surface area contributed by atoms with Crippen molar-refractivity contribution in [2.24, 2.45) is 5.92 Å². The van der Waals surface area contributed by atoms with E-state index < -0.39 is 0 Å². The van der Waals surface area contributed by atoms with Gasteiger partial charge in [0.1, 0.15) is 0 Å². The SMILES string of the molecule is C=C(CNC1CC1)CN(C)CC1CCN(C)CC1. The summed E-state index contributed by atoms with van der Waals surface area (Å²) in [4.78, 5) is 4.89. The lowest BCUT2D eigenvalue weighted by atomic mass is 9.96. The van der Waals surface area contributed by atoms with Crippen LogP contribution >= 0.6 is 0 Å². The van der Waals surface area contributed by atoms with E-state index >= 15 is 0 Å². The normalized spacial score (nSPS) is 22.6. The first kappa shape index (κ1) is 14.0. The van der Waals surface area contributed by atoms with Crippen LogP contribution in [0.2, 0.25) is 0 Å². The highest BCUT2D eigenvalue weighted by Crippen LogP contribution is 2.19. The zero-order valence-electron chi connectivity index (χ0n) is 12.1. The van der Waals surface area contributed by atoms with Gasteiger partial charge in [0, 0.05) is 25.7 Å². The minimum absolute atomic E-state index is 0.793. The fourth-order valence-corrected chi connectivity index (χ4v) is 2.76. The van der Waals surface area contributed by atoms with Crippen molar-refractivity contribution < 1.29 is 0 Å². The molecule has 1 saturated carbocycles. The molecule has 0 unspecified atom stereocenters. The molecule has 18 heavy (non-hydrogen) atoms. The summed E-state index contributed by atoms with van der Waals surface area (Å²) >= 11 is 0. The number of rotatable bonds is 7. The van der Waals surface area contributed by atoms with Crippen LogP contribution in [0.3, 0.4) is 0 Å². The third kappa shape index (κ3) is 5.09. The van der Waals surface area contributed by atoms with Crippen LogP contribution in [0.1, 0.15) is 25.7 Å². The molecule has 0 atom stereocenters. The molecule has 104 valence electrons. The molecule has 0 spiro atoms. The van der Waals surface area contributed by atoms with Crippen molar-refractivity contribution in [2.75, 3.05) is 46.8 Å². The van der Waals surface area contributed by atoms with E-state index in [9.17, 15) is 0 Å². The molecule has 1 saturated heterocycles. The van der Waals surface area contributed by atoms with E-state index in [0.29, 0.717) is 0 Å². The van der Waals surface area contributed by atoms with Crippen LogP contribution in [-0.2, 0) is 0 Å². The van der Waals surface area contributed by atoms with Gasteiger partial charge in [0.25, 0.3) is 0 Å². The highest BCUT2D eigenvalue weighted by molar-refractivity contribution is 5.01. The maximum atomic E-state index is 4.19. The van der Waals surface area contributed by atoms with E-state index in [4.69, 9.17) is 0 Å². The molecular weight excluding hydrogens is 222 g/mol. The monoisotopic (exact) mass is 251 g/mol. The number of hydrogen-bond donors (Lipinski definition) is 1. The highest BCUT2D eigenvalue weighted by atomic mass is 15.1. The first-order valence-corrected chi connectivity index (χ1v) is 7.40. The first-order chi connectivity index (χ1) is 8.63. The minimum atomic E-state index is 0.793. The van der Waals surface area contributed by atoms with Crippen molar-refractivity contribution in [2.45, 2.75) is 31.7 Å². The lowest BCUT2D eigenvalue weighted by Crippen LogP contribution is -2.36. The smallest absolute Gasteiger partial charge is 0.0199 e. The number of hydrogen-bond acceptors (Lipinski definition) is 3. The second-order valence-electron chi connectivity index (χ2n) is 6.35. The predicted octanol–water partition coefficient (Wildman–Crippen LogP) is 1.57. The van der Waals surface area contributed by atoms with E-state index in [1.54, 1.807) is 0 Å². The largest absolute Gasteiger partial charge is 0.310 e. The topological polar surface area (TPSA) is 18.5 Å². The molecule has 1 heterocycles. The highest BCUT2D eigenvalue weighted by Gasteiger charge is 2.21. The molecule has 0 aromatic rings. The van der Waals surface area contributed by atoms with Crippen LogP contribution in [0.5, 0.6) is 0 Å². The number of nitrogens with zero attached hydrogens (tertiary/aromatic N) is 2. The van der Waals surface area contributed by atoms with Gasteiger partial charge in [-0.15, -0.1) is 0 Å². The Bertz CT molecular complexity index is 265. The summed E-state index contributed by atoms with van der Waals surface area (Å²) in [6.45, 7) is 10.0. The molecule has 1 aliphatic carbocycles. The molecule has 2 fully saturated rings. The summed E-state index contributed by atoms with van der Waals surface area (Å²) in [6.07, 6.45) is 5.43. The predicted molar refractivity (Wildman–Crippen MR) is 77.9 cm³/mol. The van der Waals surface area contributed by atoms with Gasteiger partial charge in [-0.3, -0.25) is 0 Å².